The number of benzene rings is 1. The third-order valence-corrected chi connectivity index (χ3v) is 3.07. The third kappa shape index (κ3) is 3.22. The molecule has 3 rings (SSSR count). The van der Waals surface area contributed by atoms with Crippen LogP contribution in [-0.2, 0) is 16.2 Å². The topological polar surface area (TPSA) is 43.7 Å². The van der Waals surface area contributed by atoms with Gasteiger partial charge in [0.25, 0.3) is 0 Å². The van der Waals surface area contributed by atoms with Crippen molar-refractivity contribution in [2.45, 2.75) is 13.0 Å². The molecule has 0 amide bonds. The molecule has 4 nitrogen and oxygen atoms in total. The molecule has 0 spiro atoms. The van der Waals surface area contributed by atoms with Gasteiger partial charge in [-0.05, 0) is 12.1 Å². The highest BCUT2D eigenvalue weighted by Gasteiger charge is 2.08. The molecule has 0 saturated heterocycles. The van der Waals surface area contributed by atoms with Crippen molar-refractivity contribution < 1.29 is 9.57 Å². The fraction of sp³-hybridized carbons (Fsp3) is 0.250. The predicted molar refractivity (Wildman–Crippen MR) is 77.3 cm³/mol. The van der Waals surface area contributed by atoms with Crippen molar-refractivity contribution in [2.24, 2.45) is 5.16 Å². The number of hydrogen-bond donors (Lipinski definition) is 0. The number of hydrogen-bond acceptors (Lipinski definition) is 4. The Morgan fingerprint density at radius 3 is 2.70 bits per heavy atom. The van der Waals surface area contributed by atoms with Gasteiger partial charge in [0.2, 0.25) is 0 Å². The first-order valence-corrected chi connectivity index (χ1v) is 6.68. The Balaban J connectivity index is 1.62. The maximum absolute atomic E-state index is 5.62. The summed E-state index contributed by atoms with van der Waals surface area (Å²) in [6.07, 6.45) is 0.859. The van der Waals surface area contributed by atoms with E-state index in [1.165, 1.54) is 0 Å². The second-order valence-corrected chi connectivity index (χ2v) is 4.61. The maximum atomic E-state index is 5.62. The highest BCUT2D eigenvalue weighted by Crippen LogP contribution is 2.16. The summed E-state index contributed by atoms with van der Waals surface area (Å²) in [5.74, 6) is 0. The largest absolute Gasteiger partial charge is 0.395 e. The summed E-state index contributed by atoms with van der Waals surface area (Å²) in [5.41, 5.74) is 3.96. The highest BCUT2D eigenvalue weighted by atomic mass is 16.6. The molecule has 1 aromatic carbocycles. The molecular weight excluding hydrogens is 252 g/mol. The zero-order valence-corrected chi connectivity index (χ0v) is 11.2. The van der Waals surface area contributed by atoms with Crippen LogP contribution in [0.3, 0.4) is 0 Å². The molecule has 2 heterocycles. The summed E-state index contributed by atoms with van der Waals surface area (Å²) < 4.78 is 5.62. The monoisotopic (exact) mass is 268 g/mol. The minimum Gasteiger partial charge on any atom is -0.395 e. The number of rotatable bonds is 5. The molecule has 0 N–H and O–H groups in total. The van der Waals surface area contributed by atoms with Gasteiger partial charge in [-0.2, -0.15) is 0 Å². The number of pyridine rings is 1. The summed E-state index contributed by atoms with van der Waals surface area (Å²) in [6.45, 7) is 1.66. The van der Waals surface area contributed by atoms with Crippen LogP contribution in [0.5, 0.6) is 0 Å². The molecule has 102 valence electrons. The van der Waals surface area contributed by atoms with Gasteiger partial charge in [-0.3, -0.25) is 4.98 Å². The molecule has 1 aliphatic rings. The predicted octanol–water partition coefficient (Wildman–Crippen LogP) is 3.04. The quantitative estimate of drug-likeness (QED) is 0.837. The second-order valence-electron chi connectivity index (χ2n) is 4.61. The summed E-state index contributed by atoms with van der Waals surface area (Å²) in [7, 11) is 0. The second kappa shape index (κ2) is 6.30. The van der Waals surface area contributed by atoms with Crippen LogP contribution < -0.4 is 0 Å². The molecule has 4 heteroatoms. The molecule has 0 radical (unpaired) electrons. The minimum absolute atomic E-state index is 0.486. The van der Waals surface area contributed by atoms with Crippen LogP contribution in [0.4, 0.5) is 0 Å². The van der Waals surface area contributed by atoms with Crippen LogP contribution in [-0.4, -0.2) is 23.9 Å². The van der Waals surface area contributed by atoms with Crippen molar-refractivity contribution in [1.82, 2.24) is 4.98 Å². The fourth-order valence-corrected chi connectivity index (χ4v) is 2.05. The Morgan fingerprint density at radius 2 is 1.90 bits per heavy atom. The van der Waals surface area contributed by atoms with Crippen LogP contribution in [0, 0.1) is 0 Å². The Morgan fingerprint density at radius 1 is 1.00 bits per heavy atom. The van der Waals surface area contributed by atoms with Crippen molar-refractivity contribution in [3.63, 3.8) is 0 Å². The summed E-state index contributed by atoms with van der Waals surface area (Å²) >= 11 is 0. The van der Waals surface area contributed by atoms with Gasteiger partial charge in [0, 0.05) is 12.0 Å². The van der Waals surface area contributed by atoms with Crippen LogP contribution in [0.15, 0.2) is 53.7 Å². The third-order valence-electron chi connectivity index (χ3n) is 3.07. The van der Waals surface area contributed by atoms with Crippen molar-refractivity contribution in [3.8, 4) is 11.3 Å². The van der Waals surface area contributed by atoms with Crippen LogP contribution in [0.1, 0.15) is 12.1 Å². The zero-order chi connectivity index (χ0) is 13.6. The standard InChI is InChI=1S/C16H16N2O2/c1-2-5-13(6-3-1)16-8-4-7-14(17-16)11-19-12-15-9-10-20-18-15/h1-8H,9-12H2. The maximum Gasteiger partial charge on any atom is 0.122 e. The van der Waals surface area contributed by atoms with Gasteiger partial charge in [0.1, 0.15) is 6.61 Å². The lowest BCUT2D eigenvalue weighted by atomic mass is 10.1. The molecule has 0 atom stereocenters. The number of oxime groups is 1. The molecule has 20 heavy (non-hydrogen) atoms. The van der Waals surface area contributed by atoms with Crippen LogP contribution in [0.25, 0.3) is 11.3 Å². The van der Waals surface area contributed by atoms with E-state index in [1.807, 2.05) is 36.4 Å². The molecule has 0 bridgehead atoms. The summed E-state index contributed by atoms with van der Waals surface area (Å²) in [4.78, 5) is 9.54. The van der Waals surface area contributed by atoms with Gasteiger partial charge < -0.3 is 9.57 Å². The molecule has 1 aromatic heterocycles. The molecule has 0 saturated carbocycles. The van der Waals surface area contributed by atoms with E-state index in [-0.39, 0.29) is 0 Å². The molecular formula is C16H16N2O2. The van der Waals surface area contributed by atoms with Crippen LogP contribution >= 0.6 is 0 Å². The van der Waals surface area contributed by atoms with Gasteiger partial charge in [0.15, 0.2) is 0 Å². The lowest BCUT2D eigenvalue weighted by Gasteiger charge is -2.05. The molecule has 2 aromatic rings. The Hall–Kier alpha value is -2.20. The first-order chi connectivity index (χ1) is 9.92. The van der Waals surface area contributed by atoms with Gasteiger partial charge in [-0.15, -0.1) is 0 Å². The van der Waals surface area contributed by atoms with Crippen molar-refractivity contribution in [2.75, 3.05) is 13.2 Å². The van der Waals surface area contributed by atoms with E-state index in [2.05, 4.69) is 22.3 Å². The average Bonchev–Trinajstić information content (AvgIpc) is 3.02. The lowest BCUT2D eigenvalue weighted by Crippen LogP contribution is -2.07. The molecule has 0 fully saturated rings. The SMILES string of the molecule is c1ccc(-c2cccc(COCC3=NOCC3)n2)cc1. The van der Waals surface area contributed by atoms with E-state index < -0.39 is 0 Å². The lowest BCUT2D eigenvalue weighted by molar-refractivity contribution is 0.151. The van der Waals surface area contributed by atoms with Gasteiger partial charge in [-0.25, -0.2) is 0 Å². The normalized spacial score (nSPS) is 13.9. The van der Waals surface area contributed by atoms with Crippen molar-refractivity contribution >= 4 is 5.71 Å². The zero-order valence-electron chi connectivity index (χ0n) is 11.2. The van der Waals surface area contributed by atoms with Crippen molar-refractivity contribution in [3.05, 3.63) is 54.2 Å². The highest BCUT2D eigenvalue weighted by molar-refractivity contribution is 5.86. The summed E-state index contributed by atoms with van der Waals surface area (Å²) in [5, 5.41) is 3.90. The number of aromatic nitrogens is 1. The van der Waals surface area contributed by atoms with Crippen LogP contribution in [0.2, 0.25) is 0 Å². The van der Waals surface area contributed by atoms with E-state index in [1.54, 1.807) is 0 Å². The summed E-state index contributed by atoms with van der Waals surface area (Å²) in [6, 6.07) is 16.1. The van der Waals surface area contributed by atoms with E-state index in [0.717, 1.165) is 29.1 Å². The van der Waals surface area contributed by atoms with E-state index in [0.29, 0.717) is 19.8 Å². The average molecular weight is 268 g/mol. The number of ether oxygens (including phenoxy) is 1. The number of nitrogens with zero attached hydrogens (tertiary/aromatic N) is 2. The smallest absolute Gasteiger partial charge is 0.122 e. The molecule has 0 aliphatic carbocycles. The minimum atomic E-state index is 0.486. The Bertz CT molecular complexity index is 596. The van der Waals surface area contributed by atoms with Crippen molar-refractivity contribution in [1.29, 1.82) is 0 Å². The van der Waals surface area contributed by atoms with Gasteiger partial charge in [-0.1, -0.05) is 41.6 Å². The molecule has 0 unspecified atom stereocenters. The first kappa shape index (κ1) is 12.8. The van der Waals surface area contributed by atoms with Gasteiger partial charge in [0.05, 0.1) is 30.3 Å². The van der Waals surface area contributed by atoms with E-state index in [9.17, 15) is 0 Å². The Labute approximate surface area is 118 Å². The van der Waals surface area contributed by atoms with E-state index in [4.69, 9.17) is 9.57 Å². The van der Waals surface area contributed by atoms with Gasteiger partial charge >= 0.3 is 0 Å². The first-order valence-electron chi connectivity index (χ1n) is 6.68. The van der Waals surface area contributed by atoms with E-state index >= 15 is 0 Å². The fourth-order valence-electron chi connectivity index (χ4n) is 2.05. The Kier molecular flexibility index (Phi) is 4.04. The molecule has 1 aliphatic heterocycles.